The third-order valence-corrected chi connectivity index (χ3v) is 3.00. The lowest BCUT2D eigenvalue weighted by Crippen LogP contribution is -2.07. The summed E-state index contributed by atoms with van der Waals surface area (Å²) in [4.78, 5) is 0. The topological polar surface area (TPSA) is 44.5 Å². The lowest BCUT2D eigenvalue weighted by molar-refractivity contribution is 0.259. The molecule has 0 aromatic heterocycles. The van der Waals surface area contributed by atoms with E-state index in [2.05, 4.69) is 0 Å². The van der Waals surface area contributed by atoms with Crippen molar-refractivity contribution in [2.75, 3.05) is 6.61 Å². The fraction of sp³-hybridized carbons (Fsp3) is 0.250. The van der Waals surface area contributed by atoms with Gasteiger partial charge in [0.15, 0.2) is 11.5 Å². The minimum Gasteiger partial charge on any atom is -0.490 e. The van der Waals surface area contributed by atoms with E-state index >= 15 is 0 Å². The molecule has 0 aliphatic rings. The molecule has 2 rings (SSSR count). The molecule has 0 spiro atoms. The van der Waals surface area contributed by atoms with Gasteiger partial charge in [-0.1, -0.05) is 18.2 Å². The van der Waals surface area contributed by atoms with Gasteiger partial charge in [0.25, 0.3) is 0 Å². The summed E-state index contributed by atoms with van der Waals surface area (Å²) >= 11 is 0. The molecular formula is C16H17F2NO2. The molecule has 0 saturated heterocycles. The van der Waals surface area contributed by atoms with Gasteiger partial charge < -0.3 is 15.2 Å². The van der Waals surface area contributed by atoms with Gasteiger partial charge in [-0.05, 0) is 25.1 Å². The van der Waals surface area contributed by atoms with Crippen LogP contribution < -0.4 is 15.2 Å². The van der Waals surface area contributed by atoms with Gasteiger partial charge in [-0.3, -0.25) is 0 Å². The molecule has 0 fully saturated rings. The Kier molecular flexibility index (Phi) is 5.11. The van der Waals surface area contributed by atoms with E-state index in [1.54, 1.807) is 18.2 Å². The Morgan fingerprint density at radius 1 is 1.00 bits per heavy atom. The molecule has 3 nitrogen and oxygen atoms in total. The van der Waals surface area contributed by atoms with Crippen LogP contribution in [0.3, 0.4) is 0 Å². The van der Waals surface area contributed by atoms with Crippen LogP contribution in [0.15, 0.2) is 36.4 Å². The number of halogens is 2. The number of nitrogens with two attached hydrogens (primary N) is 1. The van der Waals surface area contributed by atoms with Crippen molar-refractivity contribution in [2.45, 2.75) is 20.1 Å². The Hall–Kier alpha value is -2.14. The Labute approximate surface area is 122 Å². The van der Waals surface area contributed by atoms with Crippen LogP contribution in [0.4, 0.5) is 8.78 Å². The van der Waals surface area contributed by atoms with Crippen LogP contribution in [-0.2, 0) is 13.2 Å². The molecule has 2 aromatic carbocycles. The molecule has 0 aliphatic carbocycles. The highest BCUT2D eigenvalue weighted by molar-refractivity contribution is 5.46. The molecule has 0 saturated carbocycles. The summed E-state index contributed by atoms with van der Waals surface area (Å²) in [6.45, 7) is 2.32. The maximum Gasteiger partial charge on any atom is 0.166 e. The standard InChI is InChI=1S/C16H17F2NO2/c1-2-20-15-8-3-5-11(9-19)16(15)21-10-12-13(17)6-4-7-14(12)18/h3-8H,2,9-10,19H2,1H3. The molecule has 0 aliphatic heterocycles. The molecule has 0 unspecified atom stereocenters. The molecule has 112 valence electrons. The number of ether oxygens (including phenoxy) is 2. The van der Waals surface area contributed by atoms with Crippen molar-refractivity contribution in [3.05, 3.63) is 59.2 Å². The number of para-hydroxylation sites is 1. The lowest BCUT2D eigenvalue weighted by Gasteiger charge is -2.15. The van der Waals surface area contributed by atoms with Crippen molar-refractivity contribution in [2.24, 2.45) is 5.73 Å². The van der Waals surface area contributed by atoms with E-state index < -0.39 is 11.6 Å². The molecule has 0 amide bonds. The normalized spacial score (nSPS) is 10.5. The molecule has 0 heterocycles. The zero-order chi connectivity index (χ0) is 15.2. The summed E-state index contributed by atoms with van der Waals surface area (Å²) < 4.78 is 38.3. The smallest absolute Gasteiger partial charge is 0.166 e. The minimum absolute atomic E-state index is 0.119. The van der Waals surface area contributed by atoms with Gasteiger partial charge in [-0.2, -0.15) is 0 Å². The highest BCUT2D eigenvalue weighted by Crippen LogP contribution is 2.32. The summed E-state index contributed by atoms with van der Waals surface area (Å²) in [5.41, 5.74) is 6.26. The molecule has 0 bridgehead atoms. The van der Waals surface area contributed by atoms with Crippen LogP contribution in [0.25, 0.3) is 0 Å². The maximum absolute atomic E-state index is 13.6. The second-order valence-corrected chi connectivity index (χ2v) is 4.37. The van der Waals surface area contributed by atoms with Gasteiger partial charge >= 0.3 is 0 Å². The molecule has 0 radical (unpaired) electrons. The van der Waals surface area contributed by atoms with E-state index in [1.165, 1.54) is 18.2 Å². The Morgan fingerprint density at radius 2 is 1.67 bits per heavy atom. The summed E-state index contributed by atoms with van der Waals surface area (Å²) in [5.74, 6) is -0.349. The van der Waals surface area contributed by atoms with Crippen LogP contribution in [0, 0.1) is 11.6 Å². The van der Waals surface area contributed by atoms with Gasteiger partial charge in [0.1, 0.15) is 18.2 Å². The van der Waals surface area contributed by atoms with Crippen molar-refractivity contribution >= 4 is 0 Å². The highest BCUT2D eigenvalue weighted by Gasteiger charge is 2.14. The van der Waals surface area contributed by atoms with E-state index in [1.807, 2.05) is 6.92 Å². The average Bonchev–Trinajstić information content (AvgIpc) is 2.48. The molecule has 2 N–H and O–H groups in total. The fourth-order valence-corrected chi connectivity index (χ4v) is 1.97. The molecular weight excluding hydrogens is 276 g/mol. The third kappa shape index (κ3) is 3.49. The van der Waals surface area contributed by atoms with Gasteiger partial charge in [0.05, 0.1) is 12.2 Å². The van der Waals surface area contributed by atoms with Gasteiger partial charge in [-0.25, -0.2) is 8.78 Å². The number of rotatable bonds is 6. The Balaban J connectivity index is 2.27. The van der Waals surface area contributed by atoms with Crippen LogP contribution >= 0.6 is 0 Å². The molecule has 2 aromatic rings. The predicted octanol–water partition coefficient (Wildman–Crippen LogP) is 3.40. The van der Waals surface area contributed by atoms with Crippen LogP contribution in [0.1, 0.15) is 18.1 Å². The van der Waals surface area contributed by atoms with Crippen LogP contribution in [0.2, 0.25) is 0 Å². The Morgan fingerprint density at radius 3 is 2.29 bits per heavy atom. The first kappa shape index (κ1) is 15.3. The first-order valence-corrected chi connectivity index (χ1v) is 6.67. The van der Waals surface area contributed by atoms with E-state index in [4.69, 9.17) is 15.2 Å². The van der Waals surface area contributed by atoms with Crippen molar-refractivity contribution in [3.63, 3.8) is 0 Å². The zero-order valence-corrected chi connectivity index (χ0v) is 11.7. The SMILES string of the molecule is CCOc1cccc(CN)c1OCc1c(F)cccc1F. The van der Waals surface area contributed by atoms with Crippen LogP contribution in [-0.4, -0.2) is 6.61 Å². The van der Waals surface area contributed by atoms with Crippen molar-refractivity contribution in [1.29, 1.82) is 0 Å². The van der Waals surface area contributed by atoms with Crippen molar-refractivity contribution in [3.8, 4) is 11.5 Å². The monoisotopic (exact) mass is 293 g/mol. The fourth-order valence-electron chi connectivity index (χ4n) is 1.97. The number of hydrogen-bond acceptors (Lipinski definition) is 3. The number of hydrogen-bond donors (Lipinski definition) is 1. The first-order chi connectivity index (χ1) is 10.2. The molecule has 5 heteroatoms. The first-order valence-electron chi connectivity index (χ1n) is 6.67. The van der Waals surface area contributed by atoms with Gasteiger partial charge in [0, 0.05) is 12.1 Å². The summed E-state index contributed by atoms with van der Waals surface area (Å²) in [5, 5.41) is 0. The minimum atomic E-state index is -0.641. The summed E-state index contributed by atoms with van der Waals surface area (Å²) in [6.07, 6.45) is 0. The average molecular weight is 293 g/mol. The van der Waals surface area contributed by atoms with Crippen LogP contribution in [0.5, 0.6) is 11.5 Å². The predicted molar refractivity (Wildman–Crippen MR) is 76.2 cm³/mol. The van der Waals surface area contributed by atoms with E-state index in [9.17, 15) is 8.78 Å². The van der Waals surface area contributed by atoms with E-state index in [0.717, 1.165) is 5.56 Å². The molecule has 0 atom stereocenters. The van der Waals surface area contributed by atoms with E-state index in [0.29, 0.717) is 18.1 Å². The Bertz CT molecular complexity index is 597. The van der Waals surface area contributed by atoms with E-state index in [-0.39, 0.29) is 18.7 Å². The van der Waals surface area contributed by atoms with Crippen molar-refractivity contribution in [1.82, 2.24) is 0 Å². The largest absolute Gasteiger partial charge is 0.490 e. The second-order valence-electron chi connectivity index (χ2n) is 4.37. The highest BCUT2D eigenvalue weighted by atomic mass is 19.1. The zero-order valence-electron chi connectivity index (χ0n) is 11.7. The summed E-state index contributed by atoms with van der Waals surface area (Å²) in [6, 6.07) is 9.02. The summed E-state index contributed by atoms with van der Waals surface area (Å²) in [7, 11) is 0. The van der Waals surface area contributed by atoms with Gasteiger partial charge in [-0.15, -0.1) is 0 Å². The third-order valence-electron chi connectivity index (χ3n) is 3.00. The second kappa shape index (κ2) is 7.04. The number of benzene rings is 2. The quantitative estimate of drug-likeness (QED) is 0.887. The lowest BCUT2D eigenvalue weighted by atomic mass is 10.1. The molecule has 21 heavy (non-hydrogen) atoms. The maximum atomic E-state index is 13.6. The van der Waals surface area contributed by atoms with Gasteiger partial charge in [0.2, 0.25) is 0 Å². The van der Waals surface area contributed by atoms with Crippen molar-refractivity contribution < 1.29 is 18.3 Å².